The third-order valence-corrected chi connectivity index (χ3v) is 3.79. The van der Waals surface area contributed by atoms with Crippen LogP contribution in [0.5, 0.6) is 0 Å². The fourth-order valence-electron chi connectivity index (χ4n) is 2.54. The van der Waals surface area contributed by atoms with Crippen molar-refractivity contribution in [3.8, 4) is 0 Å². The van der Waals surface area contributed by atoms with E-state index in [0.29, 0.717) is 6.42 Å². The average molecular weight is 225 g/mol. The maximum absolute atomic E-state index is 11.4. The lowest BCUT2D eigenvalue weighted by Gasteiger charge is -2.48. The van der Waals surface area contributed by atoms with Crippen molar-refractivity contribution in [3.05, 3.63) is 0 Å². The number of rotatable bonds is 5. The van der Waals surface area contributed by atoms with E-state index >= 15 is 0 Å². The van der Waals surface area contributed by atoms with Crippen molar-refractivity contribution in [2.75, 3.05) is 33.7 Å². The second-order valence-corrected chi connectivity index (χ2v) is 5.61. The van der Waals surface area contributed by atoms with Crippen molar-refractivity contribution in [2.24, 2.45) is 11.7 Å². The van der Waals surface area contributed by atoms with E-state index in [9.17, 15) is 4.79 Å². The molecule has 4 nitrogen and oxygen atoms in total. The summed E-state index contributed by atoms with van der Waals surface area (Å²) in [6, 6.07) is 0. The molecule has 1 heterocycles. The van der Waals surface area contributed by atoms with Gasteiger partial charge in [0, 0.05) is 39.1 Å². The van der Waals surface area contributed by atoms with Crippen LogP contribution in [0.3, 0.4) is 0 Å². The van der Waals surface area contributed by atoms with Gasteiger partial charge in [-0.3, -0.25) is 9.69 Å². The van der Waals surface area contributed by atoms with Crippen LogP contribution in [0, 0.1) is 5.92 Å². The standard InChI is InChI=1S/C12H23N3O/c1-14(2)11(16)4-3-7-15-8-12(13,9-15)10-5-6-10/h10H,3-9,13H2,1-2H3. The Bertz CT molecular complexity index is 267. The van der Waals surface area contributed by atoms with Crippen molar-refractivity contribution in [2.45, 2.75) is 31.2 Å². The number of hydrogen-bond donors (Lipinski definition) is 1. The first-order valence-corrected chi connectivity index (χ1v) is 6.23. The van der Waals surface area contributed by atoms with Crippen molar-refractivity contribution in [1.29, 1.82) is 0 Å². The number of likely N-dealkylation sites (tertiary alicyclic amines) is 1. The van der Waals surface area contributed by atoms with Crippen LogP contribution in [0.25, 0.3) is 0 Å². The average Bonchev–Trinajstić information content (AvgIpc) is 2.97. The number of carbonyl (C=O) groups excluding carboxylic acids is 1. The van der Waals surface area contributed by atoms with Crippen LogP contribution < -0.4 is 5.73 Å². The molecule has 1 amide bonds. The topological polar surface area (TPSA) is 49.6 Å². The lowest BCUT2D eigenvalue weighted by molar-refractivity contribution is -0.128. The Morgan fingerprint density at radius 2 is 2.06 bits per heavy atom. The van der Waals surface area contributed by atoms with E-state index in [1.54, 1.807) is 4.90 Å². The summed E-state index contributed by atoms with van der Waals surface area (Å²) in [6.07, 6.45) is 4.26. The minimum Gasteiger partial charge on any atom is -0.349 e. The minimum atomic E-state index is 0.117. The number of nitrogens with zero attached hydrogens (tertiary/aromatic N) is 2. The van der Waals surface area contributed by atoms with Crippen LogP contribution in [0.4, 0.5) is 0 Å². The summed E-state index contributed by atoms with van der Waals surface area (Å²) >= 11 is 0. The molecule has 1 saturated heterocycles. The summed E-state index contributed by atoms with van der Waals surface area (Å²) in [5.41, 5.74) is 6.38. The molecule has 0 aromatic carbocycles. The molecular weight excluding hydrogens is 202 g/mol. The molecule has 2 N–H and O–H groups in total. The molecule has 2 aliphatic rings. The van der Waals surface area contributed by atoms with E-state index < -0.39 is 0 Å². The first-order valence-electron chi connectivity index (χ1n) is 6.23. The molecule has 92 valence electrons. The first kappa shape index (κ1) is 11.9. The van der Waals surface area contributed by atoms with E-state index in [4.69, 9.17) is 5.73 Å². The van der Waals surface area contributed by atoms with Crippen molar-refractivity contribution in [3.63, 3.8) is 0 Å². The zero-order chi connectivity index (χ0) is 11.8. The fourth-order valence-corrected chi connectivity index (χ4v) is 2.54. The molecule has 0 aromatic heterocycles. The smallest absolute Gasteiger partial charge is 0.222 e. The Morgan fingerprint density at radius 3 is 2.56 bits per heavy atom. The summed E-state index contributed by atoms with van der Waals surface area (Å²) in [5.74, 6) is 1.01. The van der Waals surface area contributed by atoms with Crippen molar-refractivity contribution in [1.82, 2.24) is 9.80 Å². The second-order valence-electron chi connectivity index (χ2n) is 5.61. The summed E-state index contributed by atoms with van der Waals surface area (Å²) < 4.78 is 0. The zero-order valence-corrected chi connectivity index (χ0v) is 10.4. The maximum atomic E-state index is 11.4. The van der Waals surface area contributed by atoms with Gasteiger partial charge in [0.25, 0.3) is 0 Å². The van der Waals surface area contributed by atoms with Gasteiger partial charge in [-0.05, 0) is 31.7 Å². The van der Waals surface area contributed by atoms with Gasteiger partial charge in [0.05, 0.1) is 0 Å². The monoisotopic (exact) mass is 225 g/mol. The van der Waals surface area contributed by atoms with Gasteiger partial charge in [-0.1, -0.05) is 0 Å². The molecule has 0 radical (unpaired) electrons. The highest BCUT2D eigenvalue weighted by molar-refractivity contribution is 5.75. The van der Waals surface area contributed by atoms with E-state index in [1.807, 2.05) is 14.1 Å². The predicted molar refractivity (Wildman–Crippen MR) is 64.0 cm³/mol. The van der Waals surface area contributed by atoms with Gasteiger partial charge in [-0.25, -0.2) is 0 Å². The molecule has 1 saturated carbocycles. The quantitative estimate of drug-likeness (QED) is 0.731. The van der Waals surface area contributed by atoms with E-state index in [1.165, 1.54) is 12.8 Å². The van der Waals surface area contributed by atoms with Crippen LogP contribution in [-0.2, 0) is 4.79 Å². The molecule has 2 fully saturated rings. The summed E-state index contributed by atoms with van der Waals surface area (Å²) in [5, 5.41) is 0. The molecule has 0 spiro atoms. The van der Waals surface area contributed by atoms with Gasteiger partial charge in [-0.2, -0.15) is 0 Å². The van der Waals surface area contributed by atoms with Gasteiger partial charge < -0.3 is 10.6 Å². The molecule has 0 atom stereocenters. The van der Waals surface area contributed by atoms with Gasteiger partial charge in [-0.15, -0.1) is 0 Å². The molecular formula is C12H23N3O. The highest BCUT2D eigenvalue weighted by atomic mass is 16.2. The Hall–Kier alpha value is -0.610. The summed E-state index contributed by atoms with van der Waals surface area (Å²) in [6.45, 7) is 3.09. The van der Waals surface area contributed by atoms with Crippen molar-refractivity contribution < 1.29 is 4.79 Å². The number of carbonyl (C=O) groups is 1. The van der Waals surface area contributed by atoms with Gasteiger partial charge in [0.2, 0.25) is 5.91 Å². The Morgan fingerprint density at radius 1 is 1.44 bits per heavy atom. The SMILES string of the molecule is CN(C)C(=O)CCCN1CC(N)(C2CC2)C1. The van der Waals surface area contributed by atoms with E-state index in [0.717, 1.165) is 32.0 Å². The van der Waals surface area contributed by atoms with Crippen molar-refractivity contribution >= 4 is 5.91 Å². The fraction of sp³-hybridized carbons (Fsp3) is 0.917. The lowest BCUT2D eigenvalue weighted by Crippen LogP contribution is -2.68. The molecule has 4 heteroatoms. The lowest BCUT2D eigenvalue weighted by atomic mass is 9.85. The van der Waals surface area contributed by atoms with Crippen LogP contribution >= 0.6 is 0 Å². The molecule has 0 bridgehead atoms. The number of hydrogen-bond acceptors (Lipinski definition) is 3. The zero-order valence-electron chi connectivity index (χ0n) is 10.4. The van der Waals surface area contributed by atoms with Crippen LogP contribution in [0.15, 0.2) is 0 Å². The molecule has 16 heavy (non-hydrogen) atoms. The predicted octanol–water partition coefficient (Wildman–Crippen LogP) is 0.278. The van der Waals surface area contributed by atoms with Crippen LogP contribution in [-0.4, -0.2) is 55.0 Å². The molecule has 0 unspecified atom stereocenters. The van der Waals surface area contributed by atoms with Gasteiger partial charge in [0.15, 0.2) is 0 Å². The molecule has 1 aliphatic carbocycles. The Labute approximate surface area is 97.8 Å². The third-order valence-electron chi connectivity index (χ3n) is 3.79. The Balaban J connectivity index is 1.58. The highest BCUT2D eigenvalue weighted by Gasteiger charge is 2.49. The van der Waals surface area contributed by atoms with E-state index in [-0.39, 0.29) is 11.4 Å². The van der Waals surface area contributed by atoms with Gasteiger partial charge >= 0.3 is 0 Å². The largest absolute Gasteiger partial charge is 0.349 e. The highest BCUT2D eigenvalue weighted by Crippen LogP contribution is 2.42. The third kappa shape index (κ3) is 2.55. The summed E-state index contributed by atoms with van der Waals surface area (Å²) in [7, 11) is 3.62. The molecule has 1 aliphatic heterocycles. The number of amides is 1. The van der Waals surface area contributed by atoms with Crippen LogP contribution in [0.2, 0.25) is 0 Å². The van der Waals surface area contributed by atoms with Gasteiger partial charge in [0.1, 0.15) is 0 Å². The van der Waals surface area contributed by atoms with Crippen LogP contribution in [0.1, 0.15) is 25.7 Å². The van der Waals surface area contributed by atoms with E-state index in [2.05, 4.69) is 4.90 Å². The first-order chi connectivity index (χ1) is 7.51. The maximum Gasteiger partial charge on any atom is 0.222 e. The minimum absolute atomic E-state index is 0.117. The molecule has 0 aromatic rings. The normalized spacial score (nSPS) is 23.9. The number of nitrogens with two attached hydrogens (primary N) is 1. The Kier molecular flexibility index (Phi) is 3.22. The second kappa shape index (κ2) is 4.34. The molecule has 2 rings (SSSR count). The summed E-state index contributed by atoms with van der Waals surface area (Å²) in [4.78, 5) is 15.4.